The summed E-state index contributed by atoms with van der Waals surface area (Å²) in [6.45, 7) is 0. The first-order valence-corrected chi connectivity index (χ1v) is 6.85. The molecule has 0 unspecified atom stereocenters. The van der Waals surface area contributed by atoms with E-state index in [4.69, 9.17) is 10.00 Å². The summed E-state index contributed by atoms with van der Waals surface area (Å²) in [5.41, 5.74) is 0.620. The van der Waals surface area contributed by atoms with Crippen LogP contribution in [0.25, 0.3) is 6.08 Å². The van der Waals surface area contributed by atoms with Crippen molar-refractivity contribution < 1.29 is 14.5 Å². The number of rotatable bonds is 5. The zero-order chi connectivity index (χ0) is 17.5. The molecule has 2 aromatic rings. The van der Waals surface area contributed by atoms with E-state index in [-0.39, 0.29) is 11.3 Å². The van der Waals surface area contributed by atoms with Crippen molar-refractivity contribution in [3.8, 4) is 11.8 Å². The lowest BCUT2D eigenvalue weighted by atomic mass is 10.1. The van der Waals surface area contributed by atoms with Gasteiger partial charge in [0, 0.05) is 17.8 Å². The predicted octanol–water partition coefficient (Wildman–Crippen LogP) is 3.15. The molecule has 0 bridgehead atoms. The number of nitrogens with one attached hydrogen (secondary N) is 1. The second-order valence-electron chi connectivity index (χ2n) is 4.70. The minimum atomic E-state index is -0.603. The van der Waals surface area contributed by atoms with Crippen molar-refractivity contribution in [3.63, 3.8) is 0 Å². The summed E-state index contributed by atoms with van der Waals surface area (Å²) in [5, 5.41) is 22.5. The molecule has 0 spiro atoms. The van der Waals surface area contributed by atoms with Gasteiger partial charge in [-0.05, 0) is 35.9 Å². The van der Waals surface area contributed by atoms with Gasteiger partial charge in [-0.3, -0.25) is 14.9 Å². The summed E-state index contributed by atoms with van der Waals surface area (Å²) in [7, 11) is 1.53. The highest BCUT2D eigenvalue weighted by atomic mass is 16.6. The number of methoxy groups -OCH3 is 1. The Morgan fingerprint density at radius 1 is 1.29 bits per heavy atom. The van der Waals surface area contributed by atoms with Crippen LogP contribution in [-0.4, -0.2) is 17.9 Å². The highest BCUT2D eigenvalue weighted by molar-refractivity contribution is 6.09. The SMILES string of the molecule is COc1ccc(NC(=O)/C(C#N)=C/c2cccc([N+](=O)[O-])c2)cc1. The average molecular weight is 323 g/mol. The van der Waals surface area contributed by atoms with Gasteiger partial charge in [0.25, 0.3) is 11.6 Å². The van der Waals surface area contributed by atoms with Gasteiger partial charge in [-0.15, -0.1) is 0 Å². The van der Waals surface area contributed by atoms with Crippen LogP contribution < -0.4 is 10.1 Å². The molecule has 2 rings (SSSR count). The summed E-state index contributed by atoms with van der Waals surface area (Å²) < 4.78 is 5.02. The van der Waals surface area contributed by atoms with Gasteiger partial charge in [-0.25, -0.2) is 0 Å². The fraction of sp³-hybridized carbons (Fsp3) is 0.0588. The predicted molar refractivity (Wildman–Crippen MR) is 88.3 cm³/mol. The summed E-state index contributed by atoms with van der Waals surface area (Å²) in [6, 6.07) is 14.1. The number of hydrogen-bond donors (Lipinski definition) is 1. The van der Waals surface area contributed by atoms with E-state index < -0.39 is 10.8 Å². The zero-order valence-electron chi connectivity index (χ0n) is 12.7. The number of anilines is 1. The highest BCUT2D eigenvalue weighted by Crippen LogP contribution is 2.18. The minimum absolute atomic E-state index is 0.114. The Morgan fingerprint density at radius 3 is 2.58 bits per heavy atom. The first kappa shape index (κ1) is 16.7. The molecule has 0 atom stereocenters. The Morgan fingerprint density at radius 2 is 2.00 bits per heavy atom. The maximum absolute atomic E-state index is 12.2. The number of hydrogen-bond acceptors (Lipinski definition) is 5. The van der Waals surface area contributed by atoms with Crippen LogP contribution in [0.15, 0.2) is 54.1 Å². The van der Waals surface area contributed by atoms with Gasteiger partial charge in [0.05, 0.1) is 12.0 Å². The first-order chi connectivity index (χ1) is 11.5. The van der Waals surface area contributed by atoms with Crippen molar-refractivity contribution in [2.75, 3.05) is 12.4 Å². The Labute approximate surface area is 137 Å². The molecular formula is C17H13N3O4. The summed E-state index contributed by atoms with van der Waals surface area (Å²) in [6.07, 6.45) is 1.30. The van der Waals surface area contributed by atoms with Crippen molar-refractivity contribution in [3.05, 3.63) is 69.8 Å². The van der Waals surface area contributed by atoms with Crippen LogP contribution in [0.4, 0.5) is 11.4 Å². The van der Waals surface area contributed by atoms with E-state index in [1.165, 1.54) is 31.4 Å². The van der Waals surface area contributed by atoms with E-state index >= 15 is 0 Å². The van der Waals surface area contributed by atoms with Crippen LogP contribution in [0.3, 0.4) is 0 Å². The average Bonchev–Trinajstić information content (AvgIpc) is 2.60. The first-order valence-electron chi connectivity index (χ1n) is 6.85. The maximum atomic E-state index is 12.2. The molecule has 0 aliphatic carbocycles. The molecule has 0 radical (unpaired) electrons. The van der Waals surface area contributed by atoms with Crippen molar-refractivity contribution >= 4 is 23.4 Å². The Hall–Kier alpha value is -3.66. The number of amides is 1. The number of non-ortho nitro benzene ring substituents is 1. The van der Waals surface area contributed by atoms with Crippen LogP contribution in [0.1, 0.15) is 5.56 Å². The molecule has 2 aromatic carbocycles. The molecule has 1 N–H and O–H groups in total. The number of nitro benzene ring substituents is 1. The van der Waals surface area contributed by atoms with E-state index in [1.807, 2.05) is 0 Å². The van der Waals surface area contributed by atoms with Crippen molar-refractivity contribution in [2.45, 2.75) is 0 Å². The third kappa shape index (κ3) is 4.18. The zero-order valence-corrected chi connectivity index (χ0v) is 12.7. The molecular weight excluding hydrogens is 310 g/mol. The Bertz CT molecular complexity index is 836. The third-order valence-electron chi connectivity index (χ3n) is 3.10. The van der Waals surface area contributed by atoms with E-state index in [1.54, 1.807) is 36.4 Å². The number of nitriles is 1. The van der Waals surface area contributed by atoms with Gasteiger partial charge >= 0.3 is 0 Å². The largest absolute Gasteiger partial charge is 0.497 e. The lowest BCUT2D eigenvalue weighted by molar-refractivity contribution is -0.384. The van der Waals surface area contributed by atoms with Gasteiger partial charge in [-0.1, -0.05) is 12.1 Å². The topological polar surface area (TPSA) is 105 Å². The van der Waals surface area contributed by atoms with Crippen molar-refractivity contribution in [1.29, 1.82) is 5.26 Å². The Balaban J connectivity index is 2.20. The summed E-state index contributed by atoms with van der Waals surface area (Å²) in [4.78, 5) is 22.4. The molecule has 0 heterocycles. The van der Waals surface area contributed by atoms with Crippen molar-refractivity contribution in [2.24, 2.45) is 0 Å². The second kappa shape index (κ2) is 7.56. The number of carbonyl (C=O) groups excluding carboxylic acids is 1. The molecule has 7 nitrogen and oxygen atoms in total. The number of nitrogens with zero attached hydrogens (tertiary/aromatic N) is 2. The standard InChI is InChI=1S/C17H13N3O4/c1-24-16-7-5-14(6-8-16)19-17(21)13(11-18)9-12-3-2-4-15(10-12)20(22)23/h2-10H,1H3,(H,19,21)/b13-9+. The highest BCUT2D eigenvalue weighted by Gasteiger charge is 2.11. The molecule has 0 aliphatic heterocycles. The molecule has 0 aromatic heterocycles. The van der Waals surface area contributed by atoms with Crippen molar-refractivity contribution in [1.82, 2.24) is 0 Å². The summed E-state index contributed by atoms with van der Waals surface area (Å²) in [5.74, 6) is 0.0369. The monoisotopic (exact) mass is 323 g/mol. The molecule has 0 saturated heterocycles. The fourth-order valence-electron chi connectivity index (χ4n) is 1.92. The van der Waals surface area contributed by atoms with Gasteiger partial charge in [0.1, 0.15) is 17.4 Å². The maximum Gasteiger partial charge on any atom is 0.270 e. The smallest absolute Gasteiger partial charge is 0.270 e. The van der Waals surface area contributed by atoms with Crippen LogP contribution >= 0.6 is 0 Å². The molecule has 120 valence electrons. The van der Waals surface area contributed by atoms with Gasteiger partial charge < -0.3 is 10.1 Å². The number of benzene rings is 2. The lowest BCUT2D eigenvalue weighted by Crippen LogP contribution is -2.13. The minimum Gasteiger partial charge on any atom is -0.497 e. The van der Waals surface area contributed by atoms with E-state index in [0.717, 1.165) is 0 Å². The number of carbonyl (C=O) groups is 1. The second-order valence-corrected chi connectivity index (χ2v) is 4.70. The summed E-state index contributed by atoms with van der Waals surface area (Å²) >= 11 is 0. The van der Waals surface area contributed by atoms with Crippen LogP contribution in [0.5, 0.6) is 5.75 Å². The lowest BCUT2D eigenvalue weighted by Gasteiger charge is -2.05. The van der Waals surface area contributed by atoms with Crippen LogP contribution in [0.2, 0.25) is 0 Å². The van der Waals surface area contributed by atoms with E-state index in [9.17, 15) is 14.9 Å². The van der Waals surface area contributed by atoms with Gasteiger partial charge in [-0.2, -0.15) is 5.26 Å². The number of ether oxygens (including phenoxy) is 1. The van der Waals surface area contributed by atoms with Crippen LogP contribution in [-0.2, 0) is 4.79 Å². The molecule has 0 aliphatic rings. The quantitative estimate of drug-likeness (QED) is 0.394. The number of nitro groups is 1. The van der Waals surface area contributed by atoms with Gasteiger partial charge in [0.15, 0.2) is 0 Å². The molecule has 1 amide bonds. The fourth-order valence-corrected chi connectivity index (χ4v) is 1.92. The van der Waals surface area contributed by atoms with E-state index in [2.05, 4.69) is 5.32 Å². The molecule has 0 saturated carbocycles. The molecule has 7 heteroatoms. The molecule has 24 heavy (non-hydrogen) atoms. The normalized spacial score (nSPS) is 10.6. The third-order valence-corrected chi connectivity index (χ3v) is 3.10. The Kier molecular flexibility index (Phi) is 5.26. The molecule has 0 fully saturated rings. The van der Waals surface area contributed by atoms with E-state index in [0.29, 0.717) is 17.0 Å². The van der Waals surface area contributed by atoms with Gasteiger partial charge in [0.2, 0.25) is 0 Å². The van der Waals surface area contributed by atoms with Crippen LogP contribution in [0, 0.1) is 21.4 Å².